The Morgan fingerprint density at radius 2 is 2.36 bits per heavy atom. The van der Waals surface area contributed by atoms with E-state index in [0.29, 0.717) is 12.2 Å². The van der Waals surface area contributed by atoms with Gasteiger partial charge in [-0.3, -0.25) is 14.9 Å². The summed E-state index contributed by atoms with van der Waals surface area (Å²) < 4.78 is 2.80. The van der Waals surface area contributed by atoms with Gasteiger partial charge in [0.25, 0.3) is 0 Å². The zero-order chi connectivity index (χ0) is 15.7. The van der Waals surface area contributed by atoms with Crippen molar-refractivity contribution in [2.24, 2.45) is 12.1 Å². The molecule has 3 heterocycles. The van der Waals surface area contributed by atoms with Gasteiger partial charge in [-0.2, -0.15) is 10.2 Å². The normalized spacial score (nSPS) is 11.6. The van der Waals surface area contributed by atoms with E-state index in [1.165, 1.54) is 0 Å². The van der Waals surface area contributed by atoms with Crippen molar-refractivity contribution < 1.29 is 4.79 Å². The average Bonchev–Trinajstić information content (AvgIpc) is 3.16. The lowest BCUT2D eigenvalue weighted by atomic mass is 10.3. The molecule has 7 nitrogen and oxygen atoms in total. The summed E-state index contributed by atoms with van der Waals surface area (Å²) in [6.45, 7) is 2.60. The van der Waals surface area contributed by atoms with Crippen LogP contribution in [0.25, 0.3) is 10.3 Å². The van der Waals surface area contributed by atoms with Gasteiger partial charge < -0.3 is 4.57 Å². The number of aromatic amines is 1. The number of nitrogens with zero attached hydrogens (tertiary/aromatic N) is 5. The summed E-state index contributed by atoms with van der Waals surface area (Å²) in [7, 11) is 3.72. The van der Waals surface area contributed by atoms with Crippen molar-refractivity contribution in [1.29, 1.82) is 0 Å². The third kappa shape index (κ3) is 2.52. The number of aromatic nitrogens is 4. The smallest absolute Gasteiger partial charge is 0.167 e. The Bertz CT molecular complexity index is 829. The quantitative estimate of drug-likeness (QED) is 0.443. The van der Waals surface area contributed by atoms with E-state index in [1.807, 2.05) is 31.8 Å². The maximum Gasteiger partial charge on any atom is 0.167 e. The van der Waals surface area contributed by atoms with E-state index >= 15 is 0 Å². The number of aryl methyl sites for hydroxylation is 2. The zero-order valence-electron chi connectivity index (χ0n) is 12.6. The summed E-state index contributed by atoms with van der Waals surface area (Å²) in [6, 6.07) is 0. The van der Waals surface area contributed by atoms with Crippen molar-refractivity contribution in [2.75, 3.05) is 7.05 Å². The SMILES string of the molecule is Cc1nc2c(s1)c(/C=N\N(C)Cc1cn[nH]c1)c(C=O)n2C. The Balaban J connectivity index is 1.92. The summed E-state index contributed by atoms with van der Waals surface area (Å²) in [6.07, 6.45) is 6.16. The molecule has 0 radical (unpaired) electrons. The zero-order valence-corrected chi connectivity index (χ0v) is 13.4. The second-order valence-corrected chi connectivity index (χ2v) is 6.23. The van der Waals surface area contributed by atoms with Crippen molar-refractivity contribution in [3.05, 3.63) is 34.2 Å². The van der Waals surface area contributed by atoms with Crippen LogP contribution in [0.4, 0.5) is 0 Å². The fourth-order valence-electron chi connectivity index (χ4n) is 2.32. The largest absolute Gasteiger partial charge is 0.325 e. The van der Waals surface area contributed by atoms with Gasteiger partial charge in [0.15, 0.2) is 11.9 Å². The van der Waals surface area contributed by atoms with Crippen LogP contribution < -0.4 is 0 Å². The fraction of sp³-hybridized carbons (Fsp3) is 0.286. The van der Waals surface area contributed by atoms with Crippen molar-refractivity contribution in [1.82, 2.24) is 24.8 Å². The summed E-state index contributed by atoms with van der Waals surface area (Å²) in [5, 5.41) is 13.9. The maximum absolute atomic E-state index is 11.4. The lowest BCUT2D eigenvalue weighted by Crippen LogP contribution is -2.10. The van der Waals surface area contributed by atoms with Crippen LogP contribution >= 0.6 is 11.3 Å². The van der Waals surface area contributed by atoms with Gasteiger partial charge in [-0.15, -0.1) is 11.3 Å². The van der Waals surface area contributed by atoms with Crippen molar-refractivity contribution >= 4 is 34.2 Å². The Labute approximate surface area is 131 Å². The average molecular weight is 316 g/mol. The first-order chi connectivity index (χ1) is 10.6. The molecule has 0 atom stereocenters. The molecule has 0 saturated carbocycles. The monoisotopic (exact) mass is 316 g/mol. The minimum Gasteiger partial charge on any atom is -0.325 e. The van der Waals surface area contributed by atoms with Crippen LogP contribution in [0.5, 0.6) is 0 Å². The predicted molar refractivity (Wildman–Crippen MR) is 86.4 cm³/mol. The second-order valence-electron chi connectivity index (χ2n) is 5.03. The number of thiazole rings is 1. The number of H-pyrrole nitrogens is 1. The summed E-state index contributed by atoms with van der Waals surface area (Å²) in [5.74, 6) is 0. The third-order valence-corrected chi connectivity index (χ3v) is 4.37. The van der Waals surface area contributed by atoms with Crippen LogP contribution in [0.2, 0.25) is 0 Å². The molecule has 22 heavy (non-hydrogen) atoms. The number of carbonyl (C=O) groups is 1. The Morgan fingerprint density at radius 1 is 1.55 bits per heavy atom. The highest BCUT2D eigenvalue weighted by molar-refractivity contribution is 7.18. The highest BCUT2D eigenvalue weighted by Gasteiger charge is 2.17. The van der Waals surface area contributed by atoms with Crippen LogP contribution in [0.3, 0.4) is 0 Å². The molecule has 114 valence electrons. The Hall–Kier alpha value is -2.48. The van der Waals surface area contributed by atoms with E-state index < -0.39 is 0 Å². The van der Waals surface area contributed by atoms with E-state index in [4.69, 9.17) is 0 Å². The predicted octanol–water partition coefficient (Wildman–Crippen LogP) is 1.94. The highest BCUT2D eigenvalue weighted by Crippen LogP contribution is 2.28. The first kappa shape index (κ1) is 14.5. The lowest BCUT2D eigenvalue weighted by Gasteiger charge is -2.10. The molecular weight excluding hydrogens is 300 g/mol. The first-order valence-corrected chi connectivity index (χ1v) is 7.55. The van der Waals surface area contributed by atoms with Gasteiger partial charge >= 0.3 is 0 Å². The summed E-state index contributed by atoms with van der Waals surface area (Å²) in [4.78, 5) is 15.8. The number of nitrogens with one attached hydrogen (secondary N) is 1. The van der Waals surface area contributed by atoms with Crippen molar-refractivity contribution in [2.45, 2.75) is 13.5 Å². The molecular formula is C14H16N6OS. The van der Waals surface area contributed by atoms with Crippen LogP contribution in [0.1, 0.15) is 26.6 Å². The number of hydrogen-bond donors (Lipinski definition) is 1. The second kappa shape index (κ2) is 5.72. The molecule has 0 aliphatic carbocycles. The number of fused-ring (bicyclic) bond motifs is 1. The van der Waals surface area contributed by atoms with E-state index in [1.54, 1.807) is 28.8 Å². The van der Waals surface area contributed by atoms with Gasteiger partial charge in [0.05, 0.1) is 34.4 Å². The molecule has 0 unspecified atom stereocenters. The van der Waals surface area contributed by atoms with Gasteiger partial charge in [-0.25, -0.2) is 4.98 Å². The van der Waals surface area contributed by atoms with Crippen LogP contribution in [0.15, 0.2) is 17.5 Å². The minimum atomic E-state index is 0.592. The number of aldehydes is 1. The van der Waals surface area contributed by atoms with Crippen molar-refractivity contribution in [3.8, 4) is 0 Å². The topological polar surface area (TPSA) is 79.2 Å². The maximum atomic E-state index is 11.4. The molecule has 0 bridgehead atoms. The van der Waals surface area contributed by atoms with Gasteiger partial charge in [-0.05, 0) is 6.92 Å². The molecule has 1 N–H and O–H groups in total. The van der Waals surface area contributed by atoms with E-state index in [0.717, 1.165) is 32.8 Å². The number of hydrogen-bond acceptors (Lipinski definition) is 6. The summed E-state index contributed by atoms with van der Waals surface area (Å²) in [5.41, 5.74) is 3.27. The first-order valence-electron chi connectivity index (χ1n) is 6.74. The van der Waals surface area contributed by atoms with Gasteiger partial charge in [0.2, 0.25) is 0 Å². The fourth-order valence-corrected chi connectivity index (χ4v) is 3.29. The number of carbonyl (C=O) groups excluding carboxylic acids is 1. The van der Waals surface area contributed by atoms with E-state index in [-0.39, 0.29) is 0 Å². The molecule has 0 aromatic carbocycles. The summed E-state index contributed by atoms with van der Waals surface area (Å²) >= 11 is 1.57. The minimum absolute atomic E-state index is 0.592. The molecule has 0 aliphatic heterocycles. The van der Waals surface area contributed by atoms with Crippen LogP contribution in [-0.2, 0) is 13.6 Å². The molecule has 0 amide bonds. The number of rotatable bonds is 5. The van der Waals surface area contributed by atoms with Crippen LogP contribution in [0, 0.1) is 6.92 Å². The molecule has 3 aromatic heterocycles. The Morgan fingerprint density at radius 3 is 3.05 bits per heavy atom. The molecule has 0 fully saturated rings. The molecule has 8 heteroatoms. The molecule has 3 aromatic rings. The van der Waals surface area contributed by atoms with Gasteiger partial charge in [0.1, 0.15) is 0 Å². The number of hydrazone groups is 1. The van der Waals surface area contributed by atoms with E-state index in [2.05, 4.69) is 20.3 Å². The molecule has 3 rings (SSSR count). The molecule has 0 aliphatic rings. The van der Waals surface area contributed by atoms with Crippen LogP contribution in [-0.4, -0.2) is 44.3 Å². The molecule has 0 saturated heterocycles. The lowest BCUT2D eigenvalue weighted by molar-refractivity contribution is 0.111. The van der Waals surface area contributed by atoms with Gasteiger partial charge in [-0.1, -0.05) is 0 Å². The standard InChI is InChI=1S/C14H16N6OS/c1-9-18-14-13(22-9)11(12(8-21)20(14)3)6-17-19(2)7-10-4-15-16-5-10/h4-6,8H,7H2,1-3H3,(H,15,16)/b17-6-. The van der Waals surface area contributed by atoms with Gasteiger partial charge in [0, 0.05) is 31.4 Å². The van der Waals surface area contributed by atoms with Crippen molar-refractivity contribution in [3.63, 3.8) is 0 Å². The molecule has 0 spiro atoms. The Kier molecular flexibility index (Phi) is 3.76. The highest BCUT2D eigenvalue weighted by atomic mass is 32.1. The third-order valence-electron chi connectivity index (χ3n) is 3.38. The van der Waals surface area contributed by atoms with E-state index in [9.17, 15) is 4.79 Å².